The van der Waals surface area contributed by atoms with Crippen molar-refractivity contribution in [3.63, 3.8) is 0 Å². The van der Waals surface area contributed by atoms with Crippen LogP contribution in [0.3, 0.4) is 0 Å². The van der Waals surface area contributed by atoms with Crippen molar-refractivity contribution in [3.05, 3.63) is 72.8 Å². The fourth-order valence-electron chi connectivity index (χ4n) is 0.770. The van der Waals surface area contributed by atoms with Crippen LogP contribution >= 0.6 is 0 Å². The molecule has 0 aliphatic heterocycles. The predicted molar refractivity (Wildman–Crippen MR) is 68.4 cm³/mol. The molecule has 0 fully saturated rings. The number of benzene rings is 2. The van der Waals surface area contributed by atoms with Crippen LogP contribution in [0, 0.1) is 0 Å². The lowest BCUT2D eigenvalue weighted by Gasteiger charge is -1.69. The molecule has 0 bridgehead atoms. The smallest absolute Gasteiger partial charge is 0.212 e. The summed E-state index contributed by atoms with van der Waals surface area (Å²) >= 11 is 0. The van der Waals surface area contributed by atoms with E-state index in [1.54, 1.807) is 0 Å². The summed E-state index contributed by atoms with van der Waals surface area (Å²) in [6, 6.07) is 24.0. The third-order valence-electron chi connectivity index (χ3n) is 1.42. The van der Waals surface area contributed by atoms with Gasteiger partial charge in [-0.1, -0.05) is 77.3 Å². The molecule has 0 atom stereocenters. The van der Waals surface area contributed by atoms with Gasteiger partial charge in [0.2, 0.25) is 0 Å². The fourth-order valence-corrected chi connectivity index (χ4v) is 0.770. The van der Waals surface area contributed by atoms with Crippen molar-refractivity contribution in [1.29, 1.82) is 0 Å². The van der Waals surface area contributed by atoms with Crippen LogP contribution in [0.5, 0.6) is 0 Å². The van der Waals surface area contributed by atoms with E-state index in [4.69, 9.17) is 8.42 Å². The SMILES string of the molecule is NN=S(=O)=O.c1ccccc1.c1ccccc1. The molecule has 0 aliphatic carbocycles. The number of hydrogen-bond donors (Lipinski definition) is 1. The molecule has 0 aromatic heterocycles. The van der Waals surface area contributed by atoms with Gasteiger partial charge in [-0.3, -0.25) is 0 Å². The summed E-state index contributed by atoms with van der Waals surface area (Å²) in [5.41, 5.74) is 0. The Morgan fingerprint density at radius 1 is 0.588 bits per heavy atom. The molecule has 0 spiro atoms. The summed E-state index contributed by atoms with van der Waals surface area (Å²) in [5.74, 6) is 4.18. The second-order valence-corrected chi connectivity index (χ2v) is 3.28. The minimum atomic E-state index is -2.42. The summed E-state index contributed by atoms with van der Waals surface area (Å²) in [6.45, 7) is 0. The van der Waals surface area contributed by atoms with E-state index in [1.165, 1.54) is 0 Å². The molecule has 17 heavy (non-hydrogen) atoms. The number of rotatable bonds is 0. The molecule has 0 aliphatic rings. The van der Waals surface area contributed by atoms with Crippen molar-refractivity contribution in [2.45, 2.75) is 0 Å². The molecule has 2 N–H and O–H groups in total. The van der Waals surface area contributed by atoms with Crippen LogP contribution in [-0.4, -0.2) is 8.42 Å². The number of nitrogens with two attached hydrogens (primary N) is 1. The van der Waals surface area contributed by atoms with Gasteiger partial charge in [-0.05, 0) is 0 Å². The lowest BCUT2D eigenvalue weighted by atomic mass is 10.4. The van der Waals surface area contributed by atoms with Gasteiger partial charge in [0.15, 0.2) is 0 Å². The van der Waals surface area contributed by atoms with Gasteiger partial charge < -0.3 is 0 Å². The molecule has 0 amide bonds. The van der Waals surface area contributed by atoms with Crippen molar-refractivity contribution in [2.75, 3.05) is 0 Å². The quantitative estimate of drug-likeness (QED) is 0.576. The molecule has 2 aromatic carbocycles. The number of nitrogens with zero attached hydrogens (tertiary/aromatic N) is 1. The Labute approximate surface area is 102 Å². The minimum absolute atomic E-state index is 2.00. The first-order chi connectivity index (χ1) is 8.27. The topological polar surface area (TPSA) is 72.5 Å². The standard InChI is InChI=1S/2C6H6.H2N2O2S/c2*1-2-4-6-5-3-1;1-2-5(3)4/h2*1-6H;1H2. The van der Waals surface area contributed by atoms with Crippen LogP contribution in [0.1, 0.15) is 0 Å². The largest absolute Gasteiger partial charge is 0.327 e. The average molecular weight is 250 g/mol. The third-order valence-corrected chi connectivity index (χ3v) is 1.59. The fraction of sp³-hybridized carbons (Fsp3) is 0. The van der Waals surface area contributed by atoms with Gasteiger partial charge in [0.25, 0.3) is 0 Å². The van der Waals surface area contributed by atoms with E-state index in [0.29, 0.717) is 0 Å². The second kappa shape index (κ2) is 12.1. The van der Waals surface area contributed by atoms with Crippen LogP contribution in [0.25, 0.3) is 0 Å². The van der Waals surface area contributed by atoms with Gasteiger partial charge in [0, 0.05) is 0 Å². The molecule has 90 valence electrons. The van der Waals surface area contributed by atoms with Crippen LogP contribution in [0.2, 0.25) is 0 Å². The highest BCUT2D eigenvalue weighted by atomic mass is 32.2. The van der Waals surface area contributed by atoms with Crippen LogP contribution in [0.15, 0.2) is 77.3 Å². The van der Waals surface area contributed by atoms with E-state index in [2.05, 4.69) is 10.3 Å². The van der Waals surface area contributed by atoms with E-state index < -0.39 is 10.5 Å². The van der Waals surface area contributed by atoms with Gasteiger partial charge >= 0.3 is 10.5 Å². The molecule has 2 rings (SSSR count). The van der Waals surface area contributed by atoms with E-state index in [0.717, 1.165) is 0 Å². The summed E-state index contributed by atoms with van der Waals surface area (Å²) in [4.78, 5) is 0. The average Bonchev–Trinajstić information content (AvgIpc) is 2.44. The lowest BCUT2D eigenvalue weighted by Crippen LogP contribution is -1.73. The molecule has 0 radical (unpaired) electrons. The monoisotopic (exact) mass is 250 g/mol. The Hall–Kier alpha value is -1.98. The highest BCUT2D eigenvalue weighted by molar-refractivity contribution is 7.61. The lowest BCUT2D eigenvalue weighted by molar-refractivity contribution is 0.620. The Morgan fingerprint density at radius 2 is 0.706 bits per heavy atom. The molecule has 2 aromatic rings. The van der Waals surface area contributed by atoms with Crippen LogP contribution in [-0.2, 0) is 10.5 Å². The molecular weight excluding hydrogens is 236 g/mol. The Balaban J connectivity index is 0.000000228. The summed E-state index contributed by atoms with van der Waals surface area (Å²) < 4.78 is 20.5. The zero-order valence-electron chi connectivity index (χ0n) is 9.18. The van der Waals surface area contributed by atoms with Gasteiger partial charge in [-0.15, -0.1) is 0 Å². The Kier molecular flexibility index (Phi) is 10.7. The molecule has 0 heterocycles. The molecule has 0 saturated carbocycles. The van der Waals surface area contributed by atoms with E-state index in [9.17, 15) is 0 Å². The van der Waals surface area contributed by atoms with Crippen LogP contribution < -0.4 is 5.84 Å². The van der Waals surface area contributed by atoms with Gasteiger partial charge in [0.1, 0.15) is 0 Å². The highest BCUT2D eigenvalue weighted by Gasteiger charge is 1.58. The Morgan fingerprint density at radius 3 is 0.765 bits per heavy atom. The maximum absolute atomic E-state index is 9.08. The first-order valence-electron chi connectivity index (χ1n) is 4.77. The Bertz CT molecular complexity index is 392. The molecular formula is C12H14N2O2S. The van der Waals surface area contributed by atoms with Crippen molar-refractivity contribution in [3.8, 4) is 0 Å². The van der Waals surface area contributed by atoms with Crippen molar-refractivity contribution >= 4 is 10.5 Å². The third kappa shape index (κ3) is 14.0. The van der Waals surface area contributed by atoms with Gasteiger partial charge in [0.05, 0.1) is 0 Å². The summed E-state index contributed by atoms with van der Waals surface area (Å²) in [6.07, 6.45) is 0. The first-order valence-corrected chi connectivity index (χ1v) is 5.81. The van der Waals surface area contributed by atoms with E-state index >= 15 is 0 Å². The summed E-state index contributed by atoms with van der Waals surface area (Å²) in [7, 11) is -2.42. The minimum Gasteiger partial charge on any atom is -0.212 e. The first kappa shape index (κ1) is 15.0. The molecule has 0 saturated heterocycles. The number of hydrogen-bond acceptors (Lipinski definition) is 3. The molecule has 4 nitrogen and oxygen atoms in total. The van der Waals surface area contributed by atoms with E-state index in [1.807, 2.05) is 72.8 Å². The highest BCUT2D eigenvalue weighted by Crippen LogP contribution is 1.80. The predicted octanol–water partition coefficient (Wildman–Crippen LogP) is 2.30. The molecule has 5 heteroatoms. The maximum atomic E-state index is 9.08. The maximum Gasteiger partial charge on any atom is 0.327 e. The van der Waals surface area contributed by atoms with Crippen molar-refractivity contribution in [1.82, 2.24) is 0 Å². The zero-order valence-corrected chi connectivity index (χ0v) is 9.99. The normalized spacial score (nSPS) is 7.59. The van der Waals surface area contributed by atoms with Gasteiger partial charge in [-0.2, -0.15) is 8.42 Å². The van der Waals surface area contributed by atoms with Crippen molar-refractivity contribution < 1.29 is 8.42 Å². The zero-order chi connectivity index (χ0) is 12.8. The van der Waals surface area contributed by atoms with Crippen molar-refractivity contribution in [2.24, 2.45) is 10.3 Å². The molecule has 0 unspecified atom stereocenters. The van der Waals surface area contributed by atoms with Crippen LogP contribution in [0.4, 0.5) is 0 Å². The second-order valence-electron chi connectivity index (χ2n) is 2.63. The van der Waals surface area contributed by atoms with Gasteiger partial charge in [-0.25, -0.2) is 5.84 Å². The van der Waals surface area contributed by atoms with E-state index in [-0.39, 0.29) is 0 Å². The summed E-state index contributed by atoms with van der Waals surface area (Å²) in [5, 5.41) is 0.